The lowest BCUT2D eigenvalue weighted by Gasteiger charge is -2.22. The molecule has 9 heteroatoms. The van der Waals surface area contributed by atoms with Crippen LogP contribution in [0.15, 0.2) is 27.8 Å². The highest BCUT2D eigenvalue weighted by atomic mass is 79.9. The van der Waals surface area contributed by atoms with E-state index < -0.39 is 23.1 Å². The molecule has 21 heavy (non-hydrogen) atoms. The van der Waals surface area contributed by atoms with Crippen molar-refractivity contribution in [1.29, 1.82) is 0 Å². The average Bonchev–Trinajstić information content (AvgIpc) is 2.38. The first-order valence-corrected chi connectivity index (χ1v) is 6.45. The number of rotatable bonds is 3. The Balaban J connectivity index is 3.11. The van der Waals surface area contributed by atoms with Crippen LogP contribution in [0.3, 0.4) is 0 Å². The van der Waals surface area contributed by atoms with Crippen molar-refractivity contribution in [1.82, 2.24) is 0 Å². The van der Waals surface area contributed by atoms with Gasteiger partial charge >= 0.3 is 6.18 Å². The fraction of sp³-hybridized carbons (Fsp3) is 0.333. The molecule has 1 rings (SSSR count). The van der Waals surface area contributed by atoms with E-state index in [0.29, 0.717) is 0 Å². The summed E-state index contributed by atoms with van der Waals surface area (Å²) in [7, 11) is 0. The Morgan fingerprint density at radius 2 is 1.95 bits per heavy atom. The van der Waals surface area contributed by atoms with E-state index in [9.17, 15) is 18.0 Å². The second kappa shape index (κ2) is 5.92. The van der Waals surface area contributed by atoms with Crippen LogP contribution in [0.2, 0.25) is 0 Å². The molecule has 0 aliphatic heterocycles. The van der Waals surface area contributed by atoms with E-state index in [1.165, 1.54) is 19.9 Å². The van der Waals surface area contributed by atoms with Gasteiger partial charge in [0.25, 0.3) is 0 Å². The lowest BCUT2D eigenvalue weighted by atomic mass is 9.91. The summed E-state index contributed by atoms with van der Waals surface area (Å²) in [6.45, 7) is 2.75. The topological polar surface area (TPSA) is 87.7 Å². The van der Waals surface area contributed by atoms with E-state index >= 15 is 0 Å². The zero-order valence-corrected chi connectivity index (χ0v) is 12.7. The van der Waals surface area contributed by atoms with Gasteiger partial charge in [-0.3, -0.25) is 4.79 Å². The lowest BCUT2D eigenvalue weighted by molar-refractivity contribution is -0.137. The van der Waals surface area contributed by atoms with E-state index in [2.05, 4.69) is 26.4 Å². The predicted molar refractivity (Wildman–Crippen MR) is 75.0 cm³/mol. The number of nitrogens with one attached hydrogen (secondary N) is 1. The molecule has 0 spiro atoms. The first-order chi connectivity index (χ1) is 9.50. The molecule has 0 aliphatic carbocycles. The zero-order chi connectivity index (χ0) is 16.4. The molecule has 0 bridgehead atoms. The highest BCUT2D eigenvalue weighted by Gasteiger charge is 2.34. The summed E-state index contributed by atoms with van der Waals surface area (Å²) in [5.74, 6) is -1.07. The number of carbonyl (C=O) groups is 1. The molecule has 0 aromatic heterocycles. The Labute approximate surface area is 127 Å². The van der Waals surface area contributed by atoms with Crippen LogP contribution in [0.5, 0.6) is 0 Å². The molecule has 0 aliphatic rings. The molecule has 5 nitrogen and oxygen atoms in total. The fourth-order valence-electron chi connectivity index (χ4n) is 1.32. The summed E-state index contributed by atoms with van der Waals surface area (Å²) < 4.78 is 38.2. The minimum absolute atomic E-state index is 0.0614. The summed E-state index contributed by atoms with van der Waals surface area (Å²) in [6, 6.07) is 2.85. The Morgan fingerprint density at radius 1 is 1.38 bits per heavy atom. The molecule has 0 radical (unpaired) electrons. The third-order valence-corrected chi connectivity index (χ3v) is 3.55. The van der Waals surface area contributed by atoms with Crippen molar-refractivity contribution in [3.63, 3.8) is 0 Å². The third kappa shape index (κ3) is 3.87. The highest BCUT2D eigenvalue weighted by molar-refractivity contribution is 9.10. The smallest absolute Gasteiger partial charge is 0.409 e. The zero-order valence-electron chi connectivity index (χ0n) is 11.1. The molecular weight excluding hydrogens is 355 g/mol. The normalized spacial score (nSPS) is 13.1. The second-order valence-electron chi connectivity index (χ2n) is 4.76. The van der Waals surface area contributed by atoms with Gasteiger partial charge in [0.15, 0.2) is 5.84 Å². The minimum atomic E-state index is -4.53. The van der Waals surface area contributed by atoms with Gasteiger partial charge in [-0.2, -0.15) is 13.2 Å². The van der Waals surface area contributed by atoms with Gasteiger partial charge in [0.05, 0.1) is 11.3 Å². The summed E-state index contributed by atoms with van der Waals surface area (Å²) in [5.41, 5.74) is 3.04. The van der Waals surface area contributed by atoms with E-state index in [-0.39, 0.29) is 16.0 Å². The number of nitrogens with two attached hydrogens (primary N) is 1. The molecule has 116 valence electrons. The maximum Gasteiger partial charge on any atom is 0.416 e. The largest absolute Gasteiger partial charge is 0.416 e. The van der Waals surface area contributed by atoms with Crippen molar-refractivity contribution < 1.29 is 23.2 Å². The van der Waals surface area contributed by atoms with Crippen LogP contribution in [0, 0.1) is 5.41 Å². The van der Waals surface area contributed by atoms with Crippen molar-refractivity contribution in [3.05, 3.63) is 28.2 Å². The highest BCUT2D eigenvalue weighted by Crippen LogP contribution is 2.34. The van der Waals surface area contributed by atoms with Crippen molar-refractivity contribution in [2.45, 2.75) is 20.0 Å². The summed E-state index contributed by atoms with van der Waals surface area (Å²) in [4.78, 5) is 12.1. The summed E-state index contributed by atoms with van der Waals surface area (Å²) >= 11 is 3.05. The van der Waals surface area contributed by atoms with Crippen LogP contribution in [-0.4, -0.2) is 17.0 Å². The number of carbonyl (C=O) groups excluding carboxylic acids is 1. The van der Waals surface area contributed by atoms with Gasteiger partial charge in [-0.1, -0.05) is 5.16 Å². The molecule has 1 amide bonds. The molecule has 0 atom stereocenters. The van der Waals surface area contributed by atoms with Crippen LogP contribution in [0.4, 0.5) is 18.9 Å². The van der Waals surface area contributed by atoms with Crippen LogP contribution >= 0.6 is 15.9 Å². The predicted octanol–water partition coefficient (Wildman–Crippen LogP) is 3.18. The molecule has 0 saturated heterocycles. The molecule has 0 saturated carbocycles. The van der Waals surface area contributed by atoms with E-state index in [1.54, 1.807) is 0 Å². The molecule has 1 aromatic rings. The quantitative estimate of drug-likeness (QED) is 0.331. The first-order valence-electron chi connectivity index (χ1n) is 5.66. The summed E-state index contributed by atoms with van der Waals surface area (Å²) in [6.07, 6.45) is -4.53. The van der Waals surface area contributed by atoms with Crippen LogP contribution in [-0.2, 0) is 11.0 Å². The number of benzene rings is 1. The number of nitrogens with zero attached hydrogens (tertiary/aromatic N) is 1. The van der Waals surface area contributed by atoms with Gasteiger partial charge in [-0.15, -0.1) is 0 Å². The number of amides is 1. The molecule has 4 N–H and O–H groups in total. The van der Waals surface area contributed by atoms with Crippen LogP contribution in [0.1, 0.15) is 19.4 Å². The van der Waals surface area contributed by atoms with Gasteiger partial charge in [0.2, 0.25) is 5.91 Å². The first kappa shape index (κ1) is 17.3. The molecular formula is C12H13BrF3N3O2. The maximum atomic E-state index is 12.7. The maximum absolute atomic E-state index is 12.7. The number of oxime groups is 1. The number of hydrogen-bond donors (Lipinski definition) is 3. The molecule has 1 aromatic carbocycles. The minimum Gasteiger partial charge on any atom is -0.409 e. The van der Waals surface area contributed by atoms with Crippen molar-refractivity contribution in [2.24, 2.45) is 16.3 Å². The van der Waals surface area contributed by atoms with Crippen molar-refractivity contribution >= 4 is 33.4 Å². The fourth-order valence-corrected chi connectivity index (χ4v) is 1.66. The Bertz CT molecular complexity index is 586. The number of alkyl halides is 3. The SMILES string of the molecule is CC(C)(C(=O)Nc1cc(C(F)(F)F)ccc1Br)/C(N)=N/O. The van der Waals surface area contributed by atoms with Crippen LogP contribution in [0.25, 0.3) is 0 Å². The number of anilines is 1. The number of hydrogen-bond acceptors (Lipinski definition) is 3. The van der Waals surface area contributed by atoms with E-state index in [4.69, 9.17) is 10.9 Å². The van der Waals surface area contributed by atoms with E-state index in [0.717, 1.165) is 12.1 Å². The van der Waals surface area contributed by atoms with Crippen molar-refractivity contribution in [3.8, 4) is 0 Å². The summed E-state index contributed by atoms with van der Waals surface area (Å²) in [5, 5.41) is 13.7. The molecule has 0 unspecified atom stereocenters. The number of amidine groups is 1. The number of halogens is 4. The lowest BCUT2D eigenvalue weighted by Crippen LogP contribution is -2.42. The van der Waals surface area contributed by atoms with Gasteiger partial charge < -0.3 is 16.3 Å². The molecule has 0 heterocycles. The monoisotopic (exact) mass is 367 g/mol. The van der Waals surface area contributed by atoms with Gasteiger partial charge in [0, 0.05) is 4.47 Å². The van der Waals surface area contributed by atoms with Crippen molar-refractivity contribution in [2.75, 3.05) is 5.32 Å². The van der Waals surface area contributed by atoms with E-state index in [1.807, 2.05) is 0 Å². The third-order valence-electron chi connectivity index (χ3n) is 2.86. The standard InChI is InChI=1S/C12H13BrF3N3O2/c1-11(2,9(17)19-21)10(20)18-8-5-6(12(14,15)16)3-4-7(8)13/h3-5,21H,1-2H3,(H2,17,19)(H,18,20). The molecule has 0 fully saturated rings. The Morgan fingerprint density at radius 3 is 2.43 bits per heavy atom. The van der Waals surface area contributed by atoms with Crippen LogP contribution < -0.4 is 11.1 Å². The van der Waals surface area contributed by atoms with Gasteiger partial charge in [-0.05, 0) is 48.0 Å². The Kier molecular flexibility index (Phi) is 4.87. The Hall–Kier alpha value is -1.77. The van der Waals surface area contributed by atoms with Gasteiger partial charge in [-0.25, -0.2) is 0 Å². The van der Waals surface area contributed by atoms with Gasteiger partial charge in [0.1, 0.15) is 5.41 Å². The second-order valence-corrected chi connectivity index (χ2v) is 5.61. The average molecular weight is 368 g/mol.